The minimum absolute atomic E-state index is 0.198. The van der Waals surface area contributed by atoms with Crippen LogP contribution in [0.5, 0.6) is 0 Å². The molecule has 2 aromatic rings. The SMILES string of the molecule is CCC(C)N=C1OC(c2ccccc2I)=N/C1=C/c1ccccc1. The molecule has 4 heteroatoms. The number of hydrogen-bond donors (Lipinski definition) is 0. The summed E-state index contributed by atoms with van der Waals surface area (Å²) in [5.41, 5.74) is 2.85. The molecule has 0 saturated carbocycles. The summed E-state index contributed by atoms with van der Waals surface area (Å²) in [4.78, 5) is 9.39. The molecule has 3 nitrogen and oxygen atoms in total. The fraction of sp³-hybridized carbons (Fsp3) is 0.200. The lowest BCUT2D eigenvalue weighted by Crippen LogP contribution is -2.10. The standard InChI is InChI=1S/C20H19IN2O/c1-3-14(2)22-20-18(13-15-9-5-4-6-10-15)23-19(24-20)16-11-7-8-12-17(16)21/h4-14H,3H2,1-2H3/b18-13+,22-20?. The van der Waals surface area contributed by atoms with Gasteiger partial charge in [-0.1, -0.05) is 49.4 Å². The molecule has 0 spiro atoms. The second-order valence-electron chi connectivity index (χ2n) is 5.63. The lowest BCUT2D eigenvalue weighted by molar-refractivity contribution is 0.550. The molecule has 0 N–H and O–H groups in total. The van der Waals surface area contributed by atoms with Crippen LogP contribution in [-0.2, 0) is 4.74 Å². The fourth-order valence-corrected chi connectivity index (χ4v) is 2.88. The monoisotopic (exact) mass is 430 g/mol. The van der Waals surface area contributed by atoms with Gasteiger partial charge in [0.15, 0.2) is 0 Å². The Bertz CT molecular complexity index is 809. The molecular formula is C20H19IN2O. The predicted octanol–water partition coefficient (Wildman–Crippen LogP) is 5.31. The van der Waals surface area contributed by atoms with Crippen LogP contribution in [0.4, 0.5) is 0 Å². The predicted molar refractivity (Wildman–Crippen MR) is 108 cm³/mol. The van der Waals surface area contributed by atoms with E-state index in [-0.39, 0.29) is 6.04 Å². The highest BCUT2D eigenvalue weighted by atomic mass is 127. The van der Waals surface area contributed by atoms with Crippen LogP contribution in [0.25, 0.3) is 6.08 Å². The summed E-state index contributed by atoms with van der Waals surface area (Å²) in [6.45, 7) is 4.20. The average Bonchev–Trinajstić information content (AvgIpc) is 2.98. The highest BCUT2D eigenvalue weighted by Crippen LogP contribution is 2.23. The zero-order valence-electron chi connectivity index (χ0n) is 13.7. The van der Waals surface area contributed by atoms with Gasteiger partial charge in [-0.05, 0) is 59.7 Å². The quantitative estimate of drug-likeness (QED) is 0.606. The van der Waals surface area contributed by atoms with E-state index in [1.807, 2.05) is 60.7 Å². The number of rotatable bonds is 4. The van der Waals surface area contributed by atoms with Crippen molar-refractivity contribution in [3.63, 3.8) is 0 Å². The molecule has 0 saturated heterocycles. The van der Waals surface area contributed by atoms with Gasteiger partial charge in [0.1, 0.15) is 5.70 Å². The van der Waals surface area contributed by atoms with Crippen molar-refractivity contribution in [1.29, 1.82) is 0 Å². The van der Waals surface area contributed by atoms with Crippen molar-refractivity contribution < 1.29 is 4.74 Å². The van der Waals surface area contributed by atoms with E-state index in [9.17, 15) is 0 Å². The molecule has 122 valence electrons. The number of benzene rings is 2. The molecule has 0 radical (unpaired) electrons. The number of ether oxygens (including phenoxy) is 1. The molecule has 1 heterocycles. The number of nitrogens with zero attached hydrogens (tertiary/aromatic N) is 2. The first-order chi connectivity index (χ1) is 11.7. The molecule has 1 atom stereocenters. The topological polar surface area (TPSA) is 34.0 Å². The van der Waals surface area contributed by atoms with Gasteiger partial charge in [-0.15, -0.1) is 0 Å². The molecule has 24 heavy (non-hydrogen) atoms. The van der Waals surface area contributed by atoms with Crippen LogP contribution >= 0.6 is 22.6 Å². The summed E-state index contributed by atoms with van der Waals surface area (Å²) in [6.07, 6.45) is 2.98. The van der Waals surface area contributed by atoms with Gasteiger partial charge in [0, 0.05) is 3.57 Å². The molecule has 0 aromatic heterocycles. The Morgan fingerprint density at radius 1 is 1.12 bits per heavy atom. The maximum atomic E-state index is 6.01. The van der Waals surface area contributed by atoms with Crippen LogP contribution in [-0.4, -0.2) is 17.8 Å². The smallest absolute Gasteiger partial charge is 0.243 e. The average molecular weight is 430 g/mol. The molecule has 1 unspecified atom stereocenters. The number of halogens is 1. The third-order valence-corrected chi connectivity index (χ3v) is 4.71. The Morgan fingerprint density at radius 2 is 1.83 bits per heavy atom. The molecule has 2 aromatic carbocycles. The van der Waals surface area contributed by atoms with Crippen LogP contribution in [0.3, 0.4) is 0 Å². The third kappa shape index (κ3) is 3.93. The van der Waals surface area contributed by atoms with E-state index < -0.39 is 0 Å². The van der Waals surface area contributed by atoms with E-state index >= 15 is 0 Å². The molecular weight excluding hydrogens is 411 g/mol. The van der Waals surface area contributed by atoms with Crippen LogP contribution in [0.15, 0.2) is 70.3 Å². The largest absolute Gasteiger partial charge is 0.418 e. The molecule has 3 rings (SSSR count). The molecule has 0 amide bonds. The van der Waals surface area contributed by atoms with Gasteiger partial charge in [0.25, 0.3) is 0 Å². The van der Waals surface area contributed by atoms with Gasteiger partial charge in [-0.2, -0.15) is 0 Å². The zero-order chi connectivity index (χ0) is 16.9. The lowest BCUT2D eigenvalue weighted by Gasteiger charge is -2.06. The maximum absolute atomic E-state index is 6.01. The number of hydrogen-bond acceptors (Lipinski definition) is 3. The maximum Gasteiger partial charge on any atom is 0.243 e. The Morgan fingerprint density at radius 3 is 2.54 bits per heavy atom. The van der Waals surface area contributed by atoms with E-state index in [4.69, 9.17) is 9.73 Å². The first-order valence-electron chi connectivity index (χ1n) is 8.03. The van der Waals surface area contributed by atoms with Crippen molar-refractivity contribution in [2.75, 3.05) is 0 Å². The summed E-state index contributed by atoms with van der Waals surface area (Å²) in [6, 6.07) is 18.4. The molecule has 0 bridgehead atoms. The van der Waals surface area contributed by atoms with E-state index in [2.05, 4.69) is 41.4 Å². The first kappa shape index (κ1) is 16.9. The Balaban J connectivity index is 2.02. The van der Waals surface area contributed by atoms with Crippen LogP contribution in [0.2, 0.25) is 0 Å². The summed E-state index contributed by atoms with van der Waals surface area (Å²) in [5.74, 6) is 1.21. The summed E-state index contributed by atoms with van der Waals surface area (Å²) in [5, 5.41) is 0. The van der Waals surface area contributed by atoms with Crippen molar-refractivity contribution in [1.82, 2.24) is 0 Å². The minimum Gasteiger partial charge on any atom is -0.418 e. The van der Waals surface area contributed by atoms with Gasteiger partial charge in [-0.25, -0.2) is 9.98 Å². The van der Waals surface area contributed by atoms with Crippen molar-refractivity contribution >= 4 is 40.5 Å². The van der Waals surface area contributed by atoms with E-state index in [1.54, 1.807) is 0 Å². The van der Waals surface area contributed by atoms with Gasteiger partial charge in [-0.3, -0.25) is 0 Å². The summed E-state index contributed by atoms with van der Waals surface area (Å²) in [7, 11) is 0. The van der Waals surface area contributed by atoms with Crippen molar-refractivity contribution in [3.8, 4) is 0 Å². The Kier molecular flexibility index (Phi) is 5.45. The van der Waals surface area contributed by atoms with E-state index in [1.165, 1.54) is 0 Å². The molecule has 0 aliphatic carbocycles. The molecule has 1 aliphatic rings. The van der Waals surface area contributed by atoms with Crippen LogP contribution in [0.1, 0.15) is 31.4 Å². The Hall–Kier alpha value is -1.95. The molecule has 1 aliphatic heterocycles. The van der Waals surface area contributed by atoms with Crippen molar-refractivity contribution in [3.05, 3.63) is 75.0 Å². The van der Waals surface area contributed by atoms with Crippen molar-refractivity contribution in [2.45, 2.75) is 26.3 Å². The highest BCUT2D eigenvalue weighted by Gasteiger charge is 2.24. The van der Waals surface area contributed by atoms with Gasteiger partial charge in [0.2, 0.25) is 11.8 Å². The normalized spacial score (nSPS) is 18.5. The minimum atomic E-state index is 0.198. The van der Waals surface area contributed by atoms with Crippen molar-refractivity contribution in [2.24, 2.45) is 9.98 Å². The molecule has 0 fully saturated rings. The fourth-order valence-electron chi connectivity index (χ4n) is 2.26. The van der Waals surface area contributed by atoms with Gasteiger partial charge < -0.3 is 4.74 Å². The van der Waals surface area contributed by atoms with Crippen LogP contribution in [0, 0.1) is 3.57 Å². The van der Waals surface area contributed by atoms with Crippen LogP contribution < -0.4 is 0 Å². The zero-order valence-corrected chi connectivity index (χ0v) is 15.9. The summed E-state index contributed by atoms with van der Waals surface area (Å²) < 4.78 is 7.12. The van der Waals surface area contributed by atoms with E-state index in [0.29, 0.717) is 11.8 Å². The second kappa shape index (κ2) is 7.75. The third-order valence-electron chi connectivity index (χ3n) is 3.77. The van der Waals surface area contributed by atoms with E-state index in [0.717, 1.165) is 26.8 Å². The van der Waals surface area contributed by atoms with Gasteiger partial charge >= 0.3 is 0 Å². The number of aliphatic imine (C=N–C) groups is 2. The van der Waals surface area contributed by atoms with Gasteiger partial charge in [0.05, 0.1) is 11.6 Å². The lowest BCUT2D eigenvalue weighted by atomic mass is 10.2. The second-order valence-corrected chi connectivity index (χ2v) is 6.79. The summed E-state index contributed by atoms with van der Waals surface area (Å²) >= 11 is 2.30. The highest BCUT2D eigenvalue weighted by molar-refractivity contribution is 14.1. The first-order valence-corrected chi connectivity index (χ1v) is 9.11. The Labute approximate surface area is 156 Å².